The minimum Gasteiger partial charge on any atom is -0.352 e. The fraction of sp³-hybridized carbons (Fsp3) is 0.500. The molecule has 0 aliphatic carbocycles. The van der Waals surface area contributed by atoms with Crippen LogP contribution in [0.1, 0.15) is 13.3 Å². The maximum Gasteiger partial charge on any atom is 0.243 e. The molecule has 1 unspecified atom stereocenters. The Morgan fingerprint density at radius 1 is 1.29 bits per heavy atom. The molecule has 2 heterocycles. The largest absolute Gasteiger partial charge is 0.352 e. The highest BCUT2D eigenvalue weighted by molar-refractivity contribution is 5.37. The predicted molar refractivity (Wildman–Crippen MR) is 81.0 cm³/mol. The second kappa shape index (κ2) is 6.95. The highest BCUT2D eigenvalue weighted by atomic mass is 15.4. The molecule has 0 spiro atoms. The molecule has 9 heteroatoms. The van der Waals surface area contributed by atoms with Crippen LogP contribution in [0.15, 0.2) is 18.7 Å². The second-order valence-electron chi connectivity index (χ2n) is 5.03. The number of hydrogen-bond acceptors (Lipinski definition) is 8. The van der Waals surface area contributed by atoms with E-state index in [0.717, 1.165) is 13.0 Å². The van der Waals surface area contributed by atoms with Crippen LogP contribution in [0, 0.1) is 0 Å². The average molecular weight is 291 g/mol. The highest BCUT2D eigenvalue weighted by Crippen LogP contribution is 2.10. The van der Waals surface area contributed by atoms with Crippen molar-refractivity contribution in [1.29, 1.82) is 0 Å². The van der Waals surface area contributed by atoms with Crippen molar-refractivity contribution in [3.05, 3.63) is 18.7 Å². The Morgan fingerprint density at radius 3 is 2.67 bits per heavy atom. The Hall–Kier alpha value is -2.26. The summed E-state index contributed by atoms with van der Waals surface area (Å²) >= 11 is 0. The summed E-state index contributed by atoms with van der Waals surface area (Å²) in [7, 11) is 4.09. The topological polar surface area (TPSA) is 110 Å². The van der Waals surface area contributed by atoms with Gasteiger partial charge in [-0.3, -0.25) is 9.99 Å². The molecule has 0 bridgehead atoms. The molecule has 4 N–H and O–H groups in total. The predicted octanol–water partition coefficient (Wildman–Crippen LogP) is 0.0950. The third-order valence-corrected chi connectivity index (χ3v) is 2.87. The van der Waals surface area contributed by atoms with Crippen LogP contribution in [0.2, 0.25) is 0 Å². The Balaban J connectivity index is 2.13. The number of aromatic nitrogens is 5. The van der Waals surface area contributed by atoms with Crippen molar-refractivity contribution in [1.82, 2.24) is 29.4 Å². The van der Waals surface area contributed by atoms with Gasteiger partial charge in [0.25, 0.3) is 0 Å². The van der Waals surface area contributed by atoms with Crippen LogP contribution in [0.5, 0.6) is 0 Å². The Kier molecular flexibility index (Phi) is 5.01. The van der Waals surface area contributed by atoms with Gasteiger partial charge in [0.15, 0.2) is 0 Å². The van der Waals surface area contributed by atoms with Gasteiger partial charge in [-0.05, 0) is 34.0 Å². The van der Waals surface area contributed by atoms with Gasteiger partial charge in [-0.1, -0.05) is 0 Å². The number of rotatable bonds is 7. The van der Waals surface area contributed by atoms with Gasteiger partial charge in [0.05, 0.1) is 0 Å². The molecule has 0 radical (unpaired) electrons. The molecule has 0 saturated heterocycles. The molecule has 0 amide bonds. The first-order chi connectivity index (χ1) is 10.1. The zero-order valence-electron chi connectivity index (χ0n) is 12.5. The number of hydrogen-bond donors (Lipinski definition) is 3. The van der Waals surface area contributed by atoms with Crippen LogP contribution in [0.25, 0.3) is 5.95 Å². The van der Waals surface area contributed by atoms with Crippen molar-refractivity contribution >= 4 is 11.9 Å². The number of nitrogens with zero attached hydrogens (tertiary/aromatic N) is 6. The monoisotopic (exact) mass is 291 g/mol. The minimum atomic E-state index is 0.232. The van der Waals surface area contributed by atoms with E-state index in [2.05, 4.69) is 42.5 Å². The molecule has 0 aliphatic heterocycles. The normalized spacial score (nSPS) is 12.4. The van der Waals surface area contributed by atoms with E-state index < -0.39 is 0 Å². The van der Waals surface area contributed by atoms with Gasteiger partial charge < -0.3 is 10.2 Å². The quantitative estimate of drug-likeness (QED) is 0.486. The van der Waals surface area contributed by atoms with Crippen LogP contribution in [-0.2, 0) is 0 Å². The van der Waals surface area contributed by atoms with E-state index in [0.29, 0.717) is 17.8 Å². The third-order valence-electron chi connectivity index (χ3n) is 2.87. The summed E-state index contributed by atoms with van der Waals surface area (Å²) in [5.74, 6) is 6.65. The Morgan fingerprint density at radius 2 is 2.05 bits per heavy atom. The summed E-state index contributed by atoms with van der Waals surface area (Å²) in [6.07, 6.45) is 6.01. The van der Waals surface area contributed by atoms with Crippen molar-refractivity contribution in [2.45, 2.75) is 19.4 Å². The zero-order chi connectivity index (χ0) is 15.2. The SMILES string of the molecule is CC(CCN(C)C)Nc1nc(NN)nc(-n2ccnc2)n1. The van der Waals surface area contributed by atoms with Gasteiger partial charge in [-0.25, -0.2) is 10.8 Å². The number of anilines is 2. The molecule has 2 aromatic heterocycles. The molecule has 2 rings (SSSR count). The number of hydrazine groups is 1. The van der Waals surface area contributed by atoms with Crippen molar-refractivity contribution in [2.24, 2.45) is 5.84 Å². The summed E-state index contributed by atoms with van der Waals surface area (Å²) in [4.78, 5) is 18.9. The lowest BCUT2D eigenvalue weighted by atomic mass is 10.2. The van der Waals surface area contributed by atoms with Gasteiger partial charge in [0, 0.05) is 18.4 Å². The lowest BCUT2D eigenvalue weighted by Gasteiger charge is -2.17. The van der Waals surface area contributed by atoms with Gasteiger partial charge in [-0.2, -0.15) is 15.0 Å². The minimum absolute atomic E-state index is 0.232. The summed E-state index contributed by atoms with van der Waals surface area (Å²) in [5.41, 5.74) is 2.45. The van der Waals surface area contributed by atoms with Gasteiger partial charge in [-0.15, -0.1) is 0 Å². The van der Waals surface area contributed by atoms with E-state index in [9.17, 15) is 0 Å². The second-order valence-corrected chi connectivity index (χ2v) is 5.03. The van der Waals surface area contributed by atoms with Crippen LogP contribution in [0.4, 0.5) is 11.9 Å². The fourth-order valence-corrected chi connectivity index (χ4v) is 1.73. The van der Waals surface area contributed by atoms with E-state index in [-0.39, 0.29) is 6.04 Å². The van der Waals surface area contributed by atoms with Crippen molar-refractivity contribution in [3.63, 3.8) is 0 Å². The maximum absolute atomic E-state index is 5.41. The van der Waals surface area contributed by atoms with Crippen LogP contribution in [0.3, 0.4) is 0 Å². The molecule has 0 aromatic carbocycles. The maximum atomic E-state index is 5.41. The number of nitrogen functional groups attached to an aromatic ring is 1. The fourth-order valence-electron chi connectivity index (χ4n) is 1.73. The van der Waals surface area contributed by atoms with Gasteiger partial charge in [0.2, 0.25) is 17.8 Å². The molecule has 114 valence electrons. The molecular weight excluding hydrogens is 270 g/mol. The van der Waals surface area contributed by atoms with Crippen molar-refractivity contribution in [3.8, 4) is 5.95 Å². The smallest absolute Gasteiger partial charge is 0.243 e. The van der Waals surface area contributed by atoms with Crippen LogP contribution >= 0.6 is 0 Å². The Labute approximate surface area is 123 Å². The molecule has 0 aliphatic rings. The Bertz CT molecular complexity index is 552. The lowest BCUT2D eigenvalue weighted by molar-refractivity contribution is 0.390. The average Bonchev–Trinajstić information content (AvgIpc) is 2.99. The molecule has 2 aromatic rings. The number of nitrogens with two attached hydrogens (primary N) is 1. The number of nitrogens with one attached hydrogen (secondary N) is 2. The first-order valence-corrected chi connectivity index (χ1v) is 6.70. The van der Waals surface area contributed by atoms with Crippen LogP contribution in [-0.4, -0.2) is 56.1 Å². The first kappa shape index (κ1) is 15.1. The zero-order valence-corrected chi connectivity index (χ0v) is 12.5. The van der Waals surface area contributed by atoms with E-state index >= 15 is 0 Å². The van der Waals surface area contributed by atoms with Gasteiger partial charge >= 0.3 is 0 Å². The summed E-state index contributed by atoms with van der Waals surface area (Å²) in [6.45, 7) is 3.06. The van der Waals surface area contributed by atoms with E-state index in [1.807, 2.05) is 14.1 Å². The van der Waals surface area contributed by atoms with Crippen molar-refractivity contribution in [2.75, 3.05) is 31.4 Å². The highest BCUT2D eigenvalue weighted by Gasteiger charge is 2.10. The first-order valence-electron chi connectivity index (χ1n) is 6.70. The third kappa shape index (κ3) is 4.36. The summed E-state index contributed by atoms with van der Waals surface area (Å²) < 4.78 is 1.69. The number of imidazole rings is 1. The molecule has 0 saturated carbocycles. The van der Waals surface area contributed by atoms with Crippen molar-refractivity contribution < 1.29 is 0 Å². The standard InChI is InChI=1S/C12H21N9/c1-9(4-6-20(2)3)15-10-16-11(19-13)18-12(17-10)21-7-5-14-8-21/h5,7-9H,4,6,13H2,1-3H3,(H2,15,16,17,18,19). The van der Waals surface area contributed by atoms with E-state index in [1.54, 1.807) is 23.3 Å². The molecule has 9 nitrogen and oxygen atoms in total. The van der Waals surface area contributed by atoms with E-state index in [4.69, 9.17) is 5.84 Å². The molecule has 1 atom stereocenters. The van der Waals surface area contributed by atoms with E-state index in [1.165, 1.54) is 0 Å². The summed E-state index contributed by atoms with van der Waals surface area (Å²) in [5, 5.41) is 3.26. The molecule has 21 heavy (non-hydrogen) atoms. The molecule has 0 fully saturated rings. The summed E-state index contributed by atoms with van der Waals surface area (Å²) in [6, 6.07) is 0.232. The molecular formula is C12H21N9. The lowest BCUT2D eigenvalue weighted by Crippen LogP contribution is -2.24. The van der Waals surface area contributed by atoms with Crippen LogP contribution < -0.4 is 16.6 Å². The van der Waals surface area contributed by atoms with Gasteiger partial charge in [0.1, 0.15) is 6.33 Å².